The van der Waals surface area contributed by atoms with Crippen molar-refractivity contribution in [3.05, 3.63) is 52.8 Å². The second kappa shape index (κ2) is 6.34. The Morgan fingerprint density at radius 3 is 2.85 bits per heavy atom. The van der Waals surface area contributed by atoms with Crippen molar-refractivity contribution in [3.8, 4) is 0 Å². The first-order valence-electron chi connectivity index (χ1n) is 6.57. The number of carbonyl (C=O) groups is 1. The monoisotopic (exact) mass is 273 g/mol. The van der Waals surface area contributed by atoms with Crippen molar-refractivity contribution in [2.45, 2.75) is 32.9 Å². The van der Waals surface area contributed by atoms with E-state index in [-0.39, 0.29) is 12.5 Å². The standard InChI is InChI=1S/C15H19N3O2/c1-10-4-3-5-13(11(10)2)14(8-15(19)20)16-9-12-6-7-17-18-12/h3-7,14,16H,8-9H2,1-2H3,(H,17,18)(H,19,20)/t14-/m1/s1. The van der Waals surface area contributed by atoms with Crippen LogP contribution in [0.25, 0.3) is 0 Å². The first-order chi connectivity index (χ1) is 9.58. The zero-order valence-electron chi connectivity index (χ0n) is 11.7. The zero-order chi connectivity index (χ0) is 14.5. The summed E-state index contributed by atoms with van der Waals surface area (Å²) < 4.78 is 0. The lowest BCUT2D eigenvalue weighted by Crippen LogP contribution is -2.24. The van der Waals surface area contributed by atoms with Crippen LogP contribution < -0.4 is 5.32 Å². The summed E-state index contributed by atoms with van der Waals surface area (Å²) in [6, 6.07) is 7.63. The van der Waals surface area contributed by atoms with Gasteiger partial charge in [-0.05, 0) is 36.6 Å². The molecule has 0 unspecified atom stereocenters. The maximum Gasteiger partial charge on any atom is 0.305 e. The van der Waals surface area contributed by atoms with Crippen LogP contribution in [-0.2, 0) is 11.3 Å². The maximum absolute atomic E-state index is 11.1. The van der Waals surface area contributed by atoms with Gasteiger partial charge in [-0.15, -0.1) is 0 Å². The summed E-state index contributed by atoms with van der Waals surface area (Å²) in [5.41, 5.74) is 4.27. The van der Waals surface area contributed by atoms with E-state index in [1.807, 2.05) is 38.1 Å². The number of aliphatic carboxylic acids is 1. The number of rotatable bonds is 6. The van der Waals surface area contributed by atoms with Crippen LogP contribution in [0.15, 0.2) is 30.5 Å². The third-order valence-electron chi connectivity index (χ3n) is 3.50. The summed E-state index contributed by atoms with van der Waals surface area (Å²) in [5, 5.41) is 19.1. The van der Waals surface area contributed by atoms with E-state index in [2.05, 4.69) is 15.5 Å². The second-order valence-corrected chi connectivity index (χ2v) is 4.90. The minimum Gasteiger partial charge on any atom is -0.481 e. The van der Waals surface area contributed by atoms with E-state index in [1.54, 1.807) is 6.20 Å². The van der Waals surface area contributed by atoms with E-state index in [0.29, 0.717) is 6.54 Å². The predicted octanol–water partition coefficient (Wildman–Crippen LogP) is 2.33. The number of hydrogen-bond donors (Lipinski definition) is 3. The third-order valence-corrected chi connectivity index (χ3v) is 3.50. The van der Waals surface area contributed by atoms with Crippen molar-refractivity contribution in [1.82, 2.24) is 15.5 Å². The molecule has 1 atom stereocenters. The molecule has 0 aliphatic carbocycles. The van der Waals surface area contributed by atoms with Gasteiger partial charge in [-0.3, -0.25) is 9.89 Å². The molecule has 2 aromatic rings. The molecule has 0 aliphatic heterocycles. The van der Waals surface area contributed by atoms with Gasteiger partial charge in [-0.1, -0.05) is 18.2 Å². The summed E-state index contributed by atoms with van der Waals surface area (Å²) in [6.45, 7) is 4.62. The summed E-state index contributed by atoms with van der Waals surface area (Å²) >= 11 is 0. The number of nitrogens with one attached hydrogen (secondary N) is 2. The van der Waals surface area contributed by atoms with Gasteiger partial charge in [0.15, 0.2) is 0 Å². The fraction of sp³-hybridized carbons (Fsp3) is 0.333. The Morgan fingerprint density at radius 1 is 1.40 bits per heavy atom. The van der Waals surface area contributed by atoms with E-state index in [4.69, 9.17) is 5.11 Å². The van der Waals surface area contributed by atoms with Crippen LogP contribution in [0.1, 0.15) is 34.8 Å². The smallest absolute Gasteiger partial charge is 0.305 e. The van der Waals surface area contributed by atoms with Gasteiger partial charge in [-0.2, -0.15) is 5.10 Å². The Balaban J connectivity index is 2.18. The number of hydrogen-bond acceptors (Lipinski definition) is 3. The normalized spacial score (nSPS) is 12.3. The van der Waals surface area contributed by atoms with Crippen LogP contribution in [0.5, 0.6) is 0 Å². The first-order valence-corrected chi connectivity index (χ1v) is 6.57. The lowest BCUT2D eigenvalue weighted by Gasteiger charge is -2.20. The zero-order valence-corrected chi connectivity index (χ0v) is 11.7. The molecule has 1 aromatic heterocycles. The molecule has 1 aromatic carbocycles. The fourth-order valence-electron chi connectivity index (χ4n) is 2.23. The molecule has 0 spiro atoms. The molecule has 106 valence electrons. The van der Waals surface area contributed by atoms with Crippen molar-refractivity contribution in [2.75, 3.05) is 0 Å². The molecule has 5 nitrogen and oxygen atoms in total. The average molecular weight is 273 g/mol. The topological polar surface area (TPSA) is 78.0 Å². The van der Waals surface area contributed by atoms with Crippen molar-refractivity contribution >= 4 is 5.97 Å². The molecule has 0 bridgehead atoms. The molecule has 0 radical (unpaired) electrons. The van der Waals surface area contributed by atoms with Crippen molar-refractivity contribution in [3.63, 3.8) is 0 Å². The Morgan fingerprint density at radius 2 is 2.20 bits per heavy atom. The molecule has 0 saturated carbocycles. The van der Waals surface area contributed by atoms with E-state index >= 15 is 0 Å². The number of carboxylic acids is 1. The fourth-order valence-corrected chi connectivity index (χ4v) is 2.23. The lowest BCUT2D eigenvalue weighted by atomic mass is 9.95. The molecule has 0 amide bonds. The van der Waals surface area contributed by atoms with Crippen LogP contribution in [-0.4, -0.2) is 21.3 Å². The van der Waals surface area contributed by atoms with Crippen LogP contribution in [0.4, 0.5) is 0 Å². The van der Waals surface area contributed by atoms with Crippen LogP contribution in [0, 0.1) is 13.8 Å². The lowest BCUT2D eigenvalue weighted by molar-refractivity contribution is -0.137. The third kappa shape index (κ3) is 3.45. The first kappa shape index (κ1) is 14.3. The second-order valence-electron chi connectivity index (χ2n) is 4.90. The Kier molecular flexibility index (Phi) is 4.53. The van der Waals surface area contributed by atoms with Crippen molar-refractivity contribution < 1.29 is 9.90 Å². The average Bonchev–Trinajstić information content (AvgIpc) is 2.91. The number of aryl methyl sites for hydroxylation is 1. The summed E-state index contributed by atoms with van der Waals surface area (Å²) in [5.74, 6) is -0.812. The number of H-pyrrole nitrogens is 1. The summed E-state index contributed by atoms with van der Waals surface area (Å²) in [4.78, 5) is 11.1. The largest absolute Gasteiger partial charge is 0.481 e. The number of benzene rings is 1. The minimum absolute atomic E-state index is 0.0540. The quantitative estimate of drug-likeness (QED) is 0.755. The highest BCUT2D eigenvalue weighted by molar-refractivity contribution is 5.68. The molecule has 3 N–H and O–H groups in total. The van der Waals surface area contributed by atoms with Gasteiger partial charge in [0.25, 0.3) is 0 Å². The van der Waals surface area contributed by atoms with Gasteiger partial charge in [0.2, 0.25) is 0 Å². The van der Waals surface area contributed by atoms with Crippen molar-refractivity contribution in [1.29, 1.82) is 0 Å². The molecule has 5 heteroatoms. The van der Waals surface area contributed by atoms with Gasteiger partial charge in [0.1, 0.15) is 0 Å². The number of carboxylic acid groups (broad SMARTS) is 1. The highest BCUT2D eigenvalue weighted by atomic mass is 16.4. The van der Waals surface area contributed by atoms with Crippen molar-refractivity contribution in [2.24, 2.45) is 0 Å². The van der Waals surface area contributed by atoms with Gasteiger partial charge in [0, 0.05) is 24.5 Å². The van der Waals surface area contributed by atoms with Gasteiger partial charge >= 0.3 is 5.97 Å². The molecule has 0 saturated heterocycles. The van der Waals surface area contributed by atoms with Gasteiger partial charge in [0.05, 0.1) is 6.42 Å². The number of aromatic amines is 1. The Labute approximate surface area is 118 Å². The van der Waals surface area contributed by atoms with Gasteiger partial charge in [-0.25, -0.2) is 0 Å². The highest BCUT2D eigenvalue weighted by Crippen LogP contribution is 2.23. The predicted molar refractivity (Wildman–Crippen MR) is 76.3 cm³/mol. The van der Waals surface area contributed by atoms with E-state index in [9.17, 15) is 4.79 Å². The summed E-state index contributed by atoms with van der Waals surface area (Å²) in [6.07, 6.45) is 1.74. The minimum atomic E-state index is -0.812. The molecule has 0 fully saturated rings. The molecule has 1 heterocycles. The van der Waals surface area contributed by atoms with Gasteiger partial charge < -0.3 is 10.4 Å². The molecule has 2 rings (SSSR count). The van der Waals surface area contributed by atoms with E-state index < -0.39 is 5.97 Å². The highest BCUT2D eigenvalue weighted by Gasteiger charge is 2.17. The van der Waals surface area contributed by atoms with Crippen LogP contribution in [0.3, 0.4) is 0 Å². The number of nitrogens with zero attached hydrogens (tertiary/aromatic N) is 1. The maximum atomic E-state index is 11.1. The SMILES string of the molecule is Cc1cccc([C@@H](CC(=O)O)NCc2ccn[nH]2)c1C. The number of aromatic nitrogens is 2. The molecular formula is C15H19N3O2. The molecule has 20 heavy (non-hydrogen) atoms. The Bertz CT molecular complexity index is 579. The van der Waals surface area contributed by atoms with E-state index in [1.165, 1.54) is 5.56 Å². The molecule has 0 aliphatic rings. The Hall–Kier alpha value is -2.14. The van der Waals surface area contributed by atoms with Crippen LogP contribution in [0.2, 0.25) is 0 Å². The summed E-state index contributed by atoms with van der Waals surface area (Å²) in [7, 11) is 0. The molecular weight excluding hydrogens is 254 g/mol. The van der Waals surface area contributed by atoms with E-state index in [0.717, 1.165) is 16.8 Å². The van der Waals surface area contributed by atoms with Crippen LogP contribution >= 0.6 is 0 Å².